The van der Waals surface area contributed by atoms with Crippen molar-refractivity contribution in [3.63, 3.8) is 0 Å². The molecule has 27 heavy (non-hydrogen) atoms. The second-order valence-corrected chi connectivity index (χ2v) is 6.17. The number of aromatic nitrogens is 2. The molecule has 0 spiro atoms. The van der Waals surface area contributed by atoms with E-state index in [0.29, 0.717) is 10.5 Å². The minimum absolute atomic E-state index is 0.0373. The Morgan fingerprint density at radius 1 is 1.30 bits per heavy atom. The Morgan fingerprint density at radius 3 is 2.59 bits per heavy atom. The van der Waals surface area contributed by atoms with Gasteiger partial charge in [0.15, 0.2) is 0 Å². The Labute approximate surface area is 150 Å². The van der Waals surface area contributed by atoms with Gasteiger partial charge in [-0.25, -0.2) is 8.78 Å². The van der Waals surface area contributed by atoms with Crippen LogP contribution in [0.5, 0.6) is 0 Å². The Morgan fingerprint density at radius 2 is 1.96 bits per heavy atom. The molecule has 3 rings (SSSR count). The molecule has 0 saturated carbocycles. The standard InChI is InChI=1S/C16H15F5N4O2/c1-8(14(26)25-7-11(18)6-12(25)16(19,20)21)22-15-24-23-13(27-15)9-2-4-10(17)5-3-9/h2-5,8,11-12H,6-7H2,1H3,(H,22,24)/t8-,11-,12-/m1/s1. The summed E-state index contributed by atoms with van der Waals surface area (Å²) in [6, 6.07) is 1.67. The van der Waals surface area contributed by atoms with Crippen molar-refractivity contribution in [1.82, 2.24) is 15.1 Å². The van der Waals surface area contributed by atoms with Gasteiger partial charge >= 0.3 is 12.2 Å². The summed E-state index contributed by atoms with van der Waals surface area (Å²) in [7, 11) is 0. The molecule has 0 aliphatic carbocycles. The monoisotopic (exact) mass is 390 g/mol. The Kier molecular flexibility index (Phi) is 5.03. The van der Waals surface area contributed by atoms with Gasteiger partial charge in [0.1, 0.15) is 24.1 Å². The average Bonchev–Trinajstić information content (AvgIpc) is 3.21. The molecule has 146 valence electrons. The minimum atomic E-state index is -4.71. The van der Waals surface area contributed by atoms with E-state index in [4.69, 9.17) is 4.42 Å². The van der Waals surface area contributed by atoms with Crippen molar-refractivity contribution in [1.29, 1.82) is 0 Å². The molecule has 1 aliphatic rings. The SMILES string of the molecule is C[C@@H](Nc1nnc(-c2ccc(F)cc2)o1)C(=O)N1C[C@H](F)C[C@@H]1C(F)(F)F. The van der Waals surface area contributed by atoms with Gasteiger partial charge in [0, 0.05) is 12.0 Å². The molecule has 1 aromatic carbocycles. The Bertz CT molecular complexity index is 808. The number of carbonyl (C=O) groups is 1. The zero-order valence-electron chi connectivity index (χ0n) is 14.0. The van der Waals surface area contributed by atoms with Crippen molar-refractivity contribution in [3.8, 4) is 11.5 Å². The molecule has 1 fully saturated rings. The highest BCUT2D eigenvalue weighted by Gasteiger charge is 2.51. The van der Waals surface area contributed by atoms with Crippen molar-refractivity contribution in [2.45, 2.75) is 37.8 Å². The maximum Gasteiger partial charge on any atom is 0.408 e. The van der Waals surface area contributed by atoms with Gasteiger partial charge in [0.25, 0.3) is 0 Å². The number of benzene rings is 1. The van der Waals surface area contributed by atoms with E-state index in [2.05, 4.69) is 15.5 Å². The van der Waals surface area contributed by atoms with E-state index in [-0.39, 0.29) is 11.9 Å². The highest BCUT2D eigenvalue weighted by atomic mass is 19.4. The van der Waals surface area contributed by atoms with E-state index >= 15 is 0 Å². The average molecular weight is 390 g/mol. The van der Waals surface area contributed by atoms with Crippen LogP contribution in [0.15, 0.2) is 28.7 Å². The molecular weight excluding hydrogens is 375 g/mol. The number of halogens is 5. The van der Waals surface area contributed by atoms with E-state index in [1.54, 1.807) is 0 Å². The smallest absolute Gasteiger partial charge is 0.403 e. The summed E-state index contributed by atoms with van der Waals surface area (Å²) in [4.78, 5) is 12.8. The van der Waals surface area contributed by atoms with E-state index in [0.717, 1.165) is 0 Å². The molecule has 0 radical (unpaired) electrons. The second-order valence-electron chi connectivity index (χ2n) is 6.17. The van der Waals surface area contributed by atoms with Crippen LogP contribution in [0, 0.1) is 5.82 Å². The number of rotatable bonds is 4. The number of nitrogens with one attached hydrogen (secondary N) is 1. The van der Waals surface area contributed by atoms with Crippen LogP contribution in [0.1, 0.15) is 13.3 Å². The van der Waals surface area contributed by atoms with Crippen LogP contribution in [-0.2, 0) is 4.79 Å². The first-order valence-electron chi connectivity index (χ1n) is 8.02. The first kappa shape index (κ1) is 19.1. The normalized spacial score (nSPS) is 21.3. The number of alkyl halides is 4. The lowest BCUT2D eigenvalue weighted by atomic mass is 10.2. The van der Waals surface area contributed by atoms with Gasteiger partial charge in [-0.3, -0.25) is 4.79 Å². The molecule has 1 saturated heterocycles. The number of hydrogen-bond donors (Lipinski definition) is 1. The second kappa shape index (κ2) is 7.12. The third-order valence-corrected chi connectivity index (χ3v) is 4.14. The van der Waals surface area contributed by atoms with Gasteiger partial charge < -0.3 is 14.6 Å². The zero-order valence-corrected chi connectivity index (χ0v) is 14.0. The van der Waals surface area contributed by atoms with Crippen molar-refractivity contribution in [3.05, 3.63) is 30.1 Å². The lowest BCUT2D eigenvalue weighted by Crippen LogP contribution is -2.49. The van der Waals surface area contributed by atoms with E-state index in [1.165, 1.54) is 31.2 Å². The minimum Gasteiger partial charge on any atom is -0.403 e. The van der Waals surface area contributed by atoms with Crippen LogP contribution >= 0.6 is 0 Å². The summed E-state index contributed by atoms with van der Waals surface area (Å²) in [6.07, 6.45) is -7.23. The van der Waals surface area contributed by atoms with Crippen LogP contribution in [0.2, 0.25) is 0 Å². The number of likely N-dealkylation sites (tertiary alicyclic amines) is 1. The molecule has 0 bridgehead atoms. The quantitative estimate of drug-likeness (QED) is 0.812. The van der Waals surface area contributed by atoms with Crippen molar-refractivity contribution < 1.29 is 31.2 Å². The fourth-order valence-corrected chi connectivity index (χ4v) is 2.82. The number of hydrogen-bond acceptors (Lipinski definition) is 5. The van der Waals surface area contributed by atoms with Gasteiger partial charge in [-0.2, -0.15) is 13.2 Å². The predicted molar refractivity (Wildman–Crippen MR) is 83.8 cm³/mol. The summed E-state index contributed by atoms with van der Waals surface area (Å²) in [5, 5.41) is 9.90. The maximum atomic E-state index is 13.4. The molecule has 1 amide bonds. The Balaban J connectivity index is 1.69. The summed E-state index contributed by atoms with van der Waals surface area (Å²) < 4.78 is 70.7. The number of amides is 1. The van der Waals surface area contributed by atoms with Crippen molar-refractivity contribution in [2.24, 2.45) is 0 Å². The maximum absolute atomic E-state index is 13.4. The van der Waals surface area contributed by atoms with Gasteiger partial charge in [-0.05, 0) is 31.2 Å². The molecule has 0 unspecified atom stereocenters. The first-order valence-corrected chi connectivity index (χ1v) is 8.02. The van der Waals surface area contributed by atoms with E-state index in [1.807, 2.05) is 0 Å². The van der Waals surface area contributed by atoms with Crippen LogP contribution in [0.3, 0.4) is 0 Å². The summed E-state index contributed by atoms with van der Waals surface area (Å²) in [6.45, 7) is 0.683. The molecule has 11 heteroatoms. The van der Waals surface area contributed by atoms with Crippen LogP contribution in [0.4, 0.5) is 28.0 Å². The summed E-state index contributed by atoms with van der Waals surface area (Å²) in [5.74, 6) is -1.35. The Hall–Kier alpha value is -2.72. The van der Waals surface area contributed by atoms with Crippen LogP contribution in [0.25, 0.3) is 11.5 Å². The van der Waals surface area contributed by atoms with Gasteiger partial charge in [0.2, 0.25) is 11.8 Å². The van der Waals surface area contributed by atoms with E-state index < -0.39 is 49.1 Å². The molecule has 2 aromatic rings. The van der Waals surface area contributed by atoms with Crippen LogP contribution in [-0.4, -0.2) is 52.0 Å². The highest BCUT2D eigenvalue weighted by Crippen LogP contribution is 2.34. The lowest BCUT2D eigenvalue weighted by molar-refractivity contribution is -0.183. The van der Waals surface area contributed by atoms with Crippen molar-refractivity contribution >= 4 is 11.9 Å². The fraction of sp³-hybridized carbons (Fsp3) is 0.438. The largest absolute Gasteiger partial charge is 0.408 e. The first-order chi connectivity index (χ1) is 12.6. The number of nitrogens with zero attached hydrogens (tertiary/aromatic N) is 3. The molecular formula is C16H15F5N4O2. The fourth-order valence-electron chi connectivity index (χ4n) is 2.82. The molecule has 3 atom stereocenters. The lowest BCUT2D eigenvalue weighted by Gasteiger charge is -2.28. The van der Waals surface area contributed by atoms with Gasteiger partial charge in [-0.1, -0.05) is 5.10 Å². The highest BCUT2D eigenvalue weighted by molar-refractivity contribution is 5.84. The third kappa shape index (κ3) is 4.17. The molecule has 1 aromatic heterocycles. The van der Waals surface area contributed by atoms with E-state index in [9.17, 15) is 26.7 Å². The predicted octanol–water partition coefficient (Wildman–Crippen LogP) is 3.18. The topological polar surface area (TPSA) is 71.3 Å². The van der Waals surface area contributed by atoms with Crippen molar-refractivity contribution in [2.75, 3.05) is 11.9 Å². The molecule has 1 aliphatic heterocycles. The summed E-state index contributed by atoms with van der Waals surface area (Å²) in [5.41, 5.74) is 0.424. The number of anilines is 1. The zero-order chi connectivity index (χ0) is 19.8. The van der Waals surface area contributed by atoms with Gasteiger partial charge in [-0.15, -0.1) is 5.10 Å². The molecule has 6 nitrogen and oxygen atoms in total. The molecule has 2 heterocycles. The molecule has 1 N–H and O–H groups in total. The third-order valence-electron chi connectivity index (χ3n) is 4.14. The number of carbonyl (C=O) groups excluding carboxylic acids is 1. The van der Waals surface area contributed by atoms with Crippen LogP contribution < -0.4 is 5.32 Å². The summed E-state index contributed by atoms with van der Waals surface area (Å²) >= 11 is 0. The van der Waals surface area contributed by atoms with Gasteiger partial charge in [0.05, 0.1) is 6.54 Å².